The molecule has 112 valence electrons. The Bertz CT molecular complexity index is 1090. The number of pyridine rings is 1. The number of aromatic nitrogens is 4. The Morgan fingerprint density at radius 1 is 1.09 bits per heavy atom. The van der Waals surface area contributed by atoms with Gasteiger partial charge < -0.3 is 0 Å². The molecule has 6 heteroatoms. The molecule has 0 saturated heterocycles. The van der Waals surface area contributed by atoms with Gasteiger partial charge in [-0.2, -0.15) is 0 Å². The fourth-order valence-corrected chi connectivity index (χ4v) is 2.64. The Morgan fingerprint density at radius 2 is 1.96 bits per heavy atom. The highest BCUT2D eigenvalue weighted by atomic mass is 19.1. The smallest absolute Gasteiger partial charge is 0.267 e. The van der Waals surface area contributed by atoms with E-state index in [0.717, 1.165) is 0 Å². The third kappa shape index (κ3) is 2.34. The maximum atomic E-state index is 13.8. The van der Waals surface area contributed by atoms with E-state index in [9.17, 15) is 9.18 Å². The molecule has 0 unspecified atom stereocenters. The highest BCUT2D eigenvalue weighted by molar-refractivity contribution is 5.81. The molecule has 4 aromatic rings. The molecule has 5 nitrogen and oxygen atoms in total. The van der Waals surface area contributed by atoms with E-state index < -0.39 is 0 Å². The molecule has 2 aromatic heterocycles. The van der Waals surface area contributed by atoms with Gasteiger partial charge in [-0.15, -0.1) is 5.10 Å². The van der Waals surface area contributed by atoms with Crippen LogP contribution in [0.1, 0.15) is 5.56 Å². The van der Waals surface area contributed by atoms with Gasteiger partial charge in [0, 0.05) is 17.1 Å². The minimum absolute atomic E-state index is 0.113. The van der Waals surface area contributed by atoms with E-state index in [-0.39, 0.29) is 17.9 Å². The molecule has 2 heterocycles. The van der Waals surface area contributed by atoms with Crippen LogP contribution in [0, 0.1) is 5.82 Å². The first-order chi connectivity index (χ1) is 11.2. The average Bonchev–Trinajstić information content (AvgIpc) is 2.57. The quantitative estimate of drug-likeness (QED) is 0.571. The summed E-state index contributed by atoms with van der Waals surface area (Å²) < 4.78 is 15.0. The van der Waals surface area contributed by atoms with Crippen LogP contribution in [0.2, 0.25) is 0 Å². The molecular weight excluding hydrogens is 295 g/mol. The Morgan fingerprint density at radius 3 is 2.87 bits per heavy atom. The standard InChI is InChI=1S/C17H11FN4O/c18-13-8-11-4-3-7-19-16(11)12(9-13)10-22-17(23)14-5-1-2-6-15(14)20-21-22/h1-9H,10H2. The highest BCUT2D eigenvalue weighted by Crippen LogP contribution is 2.19. The van der Waals surface area contributed by atoms with E-state index >= 15 is 0 Å². The zero-order chi connectivity index (χ0) is 15.8. The molecule has 0 bridgehead atoms. The van der Waals surface area contributed by atoms with Crippen molar-refractivity contribution in [2.24, 2.45) is 0 Å². The van der Waals surface area contributed by atoms with Crippen molar-refractivity contribution >= 4 is 21.8 Å². The van der Waals surface area contributed by atoms with E-state index in [2.05, 4.69) is 15.3 Å². The summed E-state index contributed by atoms with van der Waals surface area (Å²) in [7, 11) is 0. The van der Waals surface area contributed by atoms with Crippen molar-refractivity contribution in [2.45, 2.75) is 6.54 Å². The van der Waals surface area contributed by atoms with Crippen LogP contribution in [-0.2, 0) is 6.54 Å². The van der Waals surface area contributed by atoms with Crippen LogP contribution in [0.4, 0.5) is 4.39 Å². The summed E-state index contributed by atoms with van der Waals surface area (Å²) in [5.41, 5.74) is 1.52. The molecule has 0 aliphatic rings. The average molecular weight is 306 g/mol. The predicted molar refractivity (Wildman–Crippen MR) is 84.6 cm³/mol. The van der Waals surface area contributed by atoms with Gasteiger partial charge in [-0.05, 0) is 30.3 Å². The van der Waals surface area contributed by atoms with Crippen molar-refractivity contribution in [1.82, 2.24) is 20.0 Å². The van der Waals surface area contributed by atoms with Gasteiger partial charge in [0.25, 0.3) is 5.56 Å². The van der Waals surface area contributed by atoms with Crippen molar-refractivity contribution in [1.29, 1.82) is 0 Å². The zero-order valence-corrected chi connectivity index (χ0v) is 12.0. The number of nitrogens with zero attached hydrogens (tertiary/aromatic N) is 4. The van der Waals surface area contributed by atoms with Gasteiger partial charge in [0.05, 0.1) is 17.4 Å². The van der Waals surface area contributed by atoms with Gasteiger partial charge in [-0.3, -0.25) is 9.78 Å². The molecule has 23 heavy (non-hydrogen) atoms. The van der Waals surface area contributed by atoms with Gasteiger partial charge in [-0.1, -0.05) is 23.4 Å². The minimum Gasteiger partial charge on any atom is -0.267 e. The summed E-state index contributed by atoms with van der Waals surface area (Å²) in [5, 5.41) is 9.15. The molecule has 0 amide bonds. The molecular formula is C17H11FN4O. The molecule has 0 aliphatic heterocycles. The van der Waals surface area contributed by atoms with Gasteiger partial charge in [0.2, 0.25) is 0 Å². The van der Waals surface area contributed by atoms with Crippen LogP contribution >= 0.6 is 0 Å². The second-order valence-corrected chi connectivity index (χ2v) is 5.21. The minimum atomic E-state index is -0.373. The van der Waals surface area contributed by atoms with E-state index in [0.29, 0.717) is 27.4 Å². The van der Waals surface area contributed by atoms with E-state index in [4.69, 9.17) is 0 Å². The fourth-order valence-electron chi connectivity index (χ4n) is 2.64. The number of halogens is 1. The molecule has 0 aliphatic carbocycles. The normalized spacial score (nSPS) is 11.2. The van der Waals surface area contributed by atoms with Gasteiger partial charge in [0.1, 0.15) is 11.3 Å². The number of benzene rings is 2. The van der Waals surface area contributed by atoms with E-state index in [1.165, 1.54) is 16.8 Å². The highest BCUT2D eigenvalue weighted by Gasteiger charge is 2.10. The van der Waals surface area contributed by atoms with Crippen molar-refractivity contribution in [2.75, 3.05) is 0 Å². The lowest BCUT2D eigenvalue weighted by Crippen LogP contribution is -2.25. The molecule has 0 atom stereocenters. The summed E-state index contributed by atoms with van der Waals surface area (Å²) in [6, 6.07) is 13.3. The summed E-state index contributed by atoms with van der Waals surface area (Å²) in [6.07, 6.45) is 1.64. The molecule has 0 spiro atoms. The topological polar surface area (TPSA) is 60.7 Å². The lowest BCUT2D eigenvalue weighted by Gasteiger charge is -2.08. The van der Waals surface area contributed by atoms with Crippen molar-refractivity contribution in [3.8, 4) is 0 Å². The summed E-state index contributed by atoms with van der Waals surface area (Å²) in [5.74, 6) is -0.373. The lowest BCUT2D eigenvalue weighted by atomic mass is 10.1. The Hall–Kier alpha value is -3.15. The Balaban J connectivity index is 1.88. The van der Waals surface area contributed by atoms with Crippen molar-refractivity contribution in [3.63, 3.8) is 0 Å². The first-order valence-corrected chi connectivity index (χ1v) is 7.08. The second-order valence-electron chi connectivity index (χ2n) is 5.21. The number of hydrogen-bond acceptors (Lipinski definition) is 4. The molecule has 4 rings (SSSR count). The van der Waals surface area contributed by atoms with Crippen molar-refractivity contribution < 1.29 is 4.39 Å². The van der Waals surface area contributed by atoms with Crippen LogP contribution in [0.15, 0.2) is 59.5 Å². The lowest BCUT2D eigenvalue weighted by molar-refractivity contribution is 0.593. The summed E-state index contributed by atoms with van der Waals surface area (Å²) in [6.45, 7) is 0.113. The molecule has 2 aromatic carbocycles. The maximum Gasteiger partial charge on any atom is 0.277 e. The van der Waals surface area contributed by atoms with Gasteiger partial charge in [0.15, 0.2) is 0 Å². The van der Waals surface area contributed by atoms with Crippen LogP contribution < -0.4 is 5.56 Å². The number of fused-ring (bicyclic) bond motifs is 2. The predicted octanol–water partition coefficient (Wildman–Crippen LogP) is 2.53. The third-order valence-electron chi connectivity index (χ3n) is 3.70. The maximum absolute atomic E-state index is 13.8. The Labute approximate surface area is 130 Å². The fraction of sp³-hybridized carbons (Fsp3) is 0.0588. The first kappa shape index (κ1) is 13.5. The third-order valence-corrected chi connectivity index (χ3v) is 3.70. The monoisotopic (exact) mass is 306 g/mol. The number of hydrogen-bond donors (Lipinski definition) is 0. The summed E-state index contributed by atoms with van der Waals surface area (Å²) in [4.78, 5) is 16.8. The first-order valence-electron chi connectivity index (χ1n) is 7.08. The van der Waals surface area contributed by atoms with Crippen LogP contribution in [0.3, 0.4) is 0 Å². The largest absolute Gasteiger partial charge is 0.277 e. The number of rotatable bonds is 2. The van der Waals surface area contributed by atoms with Gasteiger partial charge >= 0.3 is 0 Å². The van der Waals surface area contributed by atoms with Crippen LogP contribution in [-0.4, -0.2) is 20.0 Å². The van der Waals surface area contributed by atoms with E-state index in [1.807, 2.05) is 0 Å². The van der Waals surface area contributed by atoms with Crippen LogP contribution in [0.5, 0.6) is 0 Å². The van der Waals surface area contributed by atoms with E-state index in [1.54, 1.807) is 42.6 Å². The molecule has 0 N–H and O–H groups in total. The van der Waals surface area contributed by atoms with Crippen LogP contribution in [0.25, 0.3) is 21.8 Å². The molecule has 0 saturated carbocycles. The van der Waals surface area contributed by atoms with Gasteiger partial charge in [-0.25, -0.2) is 9.07 Å². The Kier molecular flexibility index (Phi) is 3.08. The van der Waals surface area contributed by atoms with Crippen molar-refractivity contribution in [3.05, 3.63) is 76.5 Å². The molecule has 0 radical (unpaired) electrons. The summed E-state index contributed by atoms with van der Waals surface area (Å²) >= 11 is 0. The SMILES string of the molecule is O=c1c2ccccc2nnn1Cc1cc(F)cc2cccnc12. The second kappa shape index (κ2) is 5.24. The molecule has 0 fully saturated rings. The zero-order valence-electron chi connectivity index (χ0n) is 12.0.